The van der Waals surface area contributed by atoms with Crippen LogP contribution in [0.15, 0.2) is 53.5 Å². The van der Waals surface area contributed by atoms with Gasteiger partial charge in [-0.2, -0.15) is 4.99 Å². The van der Waals surface area contributed by atoms with E-state index in [1.807, 2.05) is 35.2 Å². The maximum atomic E-state index is 12.6. The first-order chi connectivity index (χ1) is 13.9. The molecule has 2 aliphatic rings. The largest absolute Gasteiger partial charge is 0.495 e. The molecule has 0 radical (unpaired) electrons. The third kappa shape index (κ3) is 4.29. The number of amidine groups is 1. The highest BCUT2D eigenvalue weighted by molar-refractivity contribution is 8.16. The summed E-state index contributed by atoms with van der Waals surface area (Å²) in [5, 5.41) is 0.760. The molecule has 0 aromatic heterocycles. The third-order valence-electron chi connectivity index (χ3n) is 4.90. The fourth-order valence-corrected chi connectivity index (χ4v) is 7.77. The van der Waals surface area contributed by atoms with Gasteiger partial charge in [0.05, 0.1) is 36.1 Å². The lowest BCUT2D eigenvalue weighted by Crippen LogP contribution is -2.37. The minimum absolute atomic E-state index is 0.0280. The lowest BCUT2D eigenvalue weighted by atomic mass is 10.1. The molecule has 2 aliphatic heterocycles. The topological polar surface area (TPSA) is 76.0 Å². The highest BCUT2D eigenvalue weighted by atomic mass is 35.5. The van der Waals surface area contributed by atoms with Crippen LogP contribution >= 0.6 is 23.4 Å². The average molecular weight is 451 g/mol. The van der Waals surface area contributed by atoms with Gasteiger partial charge in [0.1, 0.15) is 5.75 Å². The number of carbonyl (C=O) groups is 1. The summed E-state index contributed by atoms with van der Waals surface area (Å²) in [5.41, 5.74) is 1.57. The number of fused-ring (bicyclic) bond motifs is 1. The van der Waals surface area contributed by atoms with Crippen molar-refractivity contribution in [2.45, 2.75) is 17.7 Å². The molecule has 0 aliphatic carbocycles. The van der Waals surface area contributed by atoms with Crippen molar-refractivity contribution >= 4 is 50.0 Å². The molecule has 0 bridgehead atoms. The number of rotatable bonds is 4. The lowest BCUT2D eigenvalue weighted by molar-refractivity contribution is -0.117. The molecule has 0 spiro atoms. The normalized spacial score (nSPS) is 23.9. The van der Waals surface area contributed by atoms with Crippen LogP contribution in [0.5, 0.6) is 5.75 Å². The number of hydrogen-bond acceptors (Lipinski definition) is 5. The number of aliphatic imine (C=N–C) groups is 1. The predicted molar refractivity (Wildman–Crippen MR) is 117 cm³/mol. The molecule has 2 heterocycles. The van der Waals surface area contributed by atoms with Gasteiger partial charge >= 0.3 is 0 Å². The zero-order valence-electron chi connectivity index (χ0n) is 15.6. The van der Waals surface area contributed by atoms with Crippen LogP contribution in [0.25, 0.3) is 0 Å². The van der Waals surface area contributed by atoms with E-state index in [1.54, 1.807) is 18.2 Å². The first-order valence-electron chi connectivity index (χ1n) is 9.01. The SMILES string of the molecule is COc1ccc(N2C(=NC(=O)Cc3ccccc3)S[C@H]3CS(=O)(=O)C[C@@H]32)cc1Cl. The van der Waals surface area contributed by atoms with E-state index in [2.05, 4.69) is 4.99 Å². The summed E-state index contributed by atoms with van der Waals surface area (Å²) in [6.45, 7) is 0. The van der Waals surface area contributed by atoms with Gasteiger partial charge in [-0.3, -0.25) is 4.79 Å². The Hall–Kier alpha value is -2.03. The smallest absolute Gasteiger partial charge is 0.252 e. The summed E-state index contributed by atoms with van der Waals surface area (Å²) in [5.74, 6) is 0.358. The molecule has 29 heavy (non-hydrogen) atoms. The summed E-state index contributed by atoms with van der Waals surface area (Å²) in [4.78, 5) is 18.7. The number of halogens is 1. The Bertz CT molecular complexity index is 1070. The molecular formula is C20H19ClN2O4S2. The first-order valence-corrected chi connectivity index (χ1v) is 12.1. The number of anilines is 1. The Balaban J connectivity index is 1.67. The fourth-order valence-electron chi connectivity index (χ4n) is 3.59. The van der Waals surface area contributed by atoms with Crippen LogP contribution in [-0.2, 0) is 21.1 Å². The van der Waals surface area contributed by atoms with Crippen LogP contribution in [-0.4, -0.2) is 49.4 Å². The van der Waals surface area contributed by atoms with Crippen LogP contribution in [0.3, 0.4) is 0 Å². The maximum Gasteiger partial charge on any atom is 0.252 e. The number of thioether (sulfide) groups is 1. The number of ether oxygens (including phenoxy) is 1. The molecular weight excluding hydrogens is 432 g/mol. The zero-order valence-corrected chi connectivity index (χ0v) is 18.0. The van der Waals surface area contributed by atoms with E-state index >= 15 is 0 Å². The maximum absolute atomic E-state index is 12.6. The van der Waals surface area contributed by atoms with Gasteiger partial charge in [-0.25, -0.2) is 8.42 Å². The lowest BCUT2D eigenvalue weighted by Gasteiger charge is -2.25. The van der Waals surface area contributed by atoms with E-state index in [4.69, 9.17) is 16.3 Å². The molecule has 2 aromatic rings. The van der Waals surface area contributed by atoms with Gasteiger partial charge < -0.3 is 9.64 Å². The Morgan fingerprint density at radius 1 is 1.24 bits per heavy atom. The van der Waals surface area contributed by atoms with Crippen LogP contribution in [0.2, 0.25) is 5.02 Å². The molecule has 6 nitrogen and oxygen atoms in total. The monoisotopic (exact) mass is 450 g/mol. The molecule has 2 fully saturated rings. The number of nitrogens with zero attached hydrogens (tertiary/aromatic N) is 2. The molecule has 152 valence electrons. The molecule has 2 aromatic carbocycles. The summed E-state index contributed by atoms with van der Waals surface area (Å²) in [6.07, 6.45) is 0.190. The van der Waals surface area contributed by atoms with E-state index in [0.29, 0.717) is 21.6 Å². The number of carbonyl (C=O) groups excluding carboxylic acids is 1. The molecule has 0 saturated carbocycles. The highest BCUT2D eigenvalue weighted by Gasteiger charge is 2.49. The number of hydrogen-bond donors (Lipinski definition) is 0. The third-order valence-corrected chi connectivity index (χ3v) is 8.40. The van der Waals surface area contributed by atoms with E-state index in [-0.39, 0.29) is 35.1 Å². The molecule has 0 unspecified atom stereocenters. The minimum atomic E-state index is -3.13. The number of sulfone groups is 1. The van der Waals surface area contributed by atoms with Crippen molar-refractivity contribution in [2.75, 3.05) is 23.5 Å². The van der Waals surface area contributed by atoms with Crippen molar-refractivity contribution < 1.29 is 17.9 Å². The Morgan fingerprint density at radius 2 is 2.00 bits per heavy atom. The molecule has 9 heteroatoms. The van der Waals surface area contributed by atoms with Crippen LogP contribution in [0.4, 0.5) is 5.69 Å². The van der Waals surface area contributed by atoms with Crippen molar-refractivity contribution in [2.24, 2.45) is 4.99 Å². The first kappa shape index (κ1) is 20.3. The second kappa shape index (κ2) is 8.01. The zero-order chi connectivity index (χ0) is 20.6. The molecule has 2 saturated heterocycles. The van der Waals surface area contributed by atoms with Gasteiger partial charge in [0.2, 0.25) is 0 Å². The van der Waals surface area contributed by atoms with Gasteiger partial charge in [-0.1, -0.05) is 53.7 Å². The summed E-state index contributed by atoms with van der Waals surface area (Å²) >= 11 is 7.63. The van der Waals surface area contributed by atoms with Crippen molar-refractivity contribution in [1.82, 2.24) is 0 Å². The summed E-state index contributed by atoms with van der Waals surface area (Å²) in [6, 6.07) is 14.4. The summed E-state index contributed by atoms with van der Waals surface area (Å²) in [7, 11) is -1.60. The molecule has 0 N–H and O–H groups in total. The minimum Gasteiger partial charge on any atom is -0.495 e. The van der Waals surface area contributed by atoms with Gasteiger partial charge in [0.15, 0.2) is 15.0 Å². The molecule has 2 atom stereocenters. The van der Waals surface area contributed by atoms with E-state index in [0.717, 1.165) is 5.56 Å². The van der Waals surface area contributed by atoms with Gasteiger partial charge in [0.25, 0.3) is 5.91 Å². The van der Waals surface area contributed by atoms with Crippen LogP contribution < -0.4 is 9.64 Å². The van der Waals surface area contributed by atoms with E-state index < -0.39 is 9.84 Å². The average Bonchev–Trinajstić information content (AvgIpc) is 3.13. The van der Waals surface area contributed by atoms with Crippen LogP contribution in [0, 0.1) is 0 Å². The van der Waals surface area contributed by atoms with Crippen molar-refractivity contribution in [3.63, 3.8) is 0 Å². The van der Waals surface area contributed by atoms with Crippen molar-refractivity contribution in [3.8, 4) is 5.75 Å². The highest BCUT2D eigenvalue weighted by Crippen LogP contribution is 2.42. The standard InChI is InChI=1S/C20H19ClN2O4S2/c1-27-17-8-7-14(10-15(17)21)23-16-11-29(25,26)12-18(16)28-20(23)22-19(24)9-13-5-3-2-4-6-13/h2-8,10,16,18H,9,11-12H2,1H3/t16-,18-/m0/s1. The molecule has 1 amide bonds. The van der Waals surface area contributed by atoms with E-state index in [1.165, 1.54) is 18.9 Å². The Morgan fingerprint density at radius 3 is 2.69 bits per heavy atom. The predicted octanol–water partition coefficient (Wildman–Crippen LogP) is 3.19. The number of amides is 1. The van der Waals surface area contributed by atoms with Crippen molar-refractivity contribution in [1.29, 1.82) is 0 Å². The van der Waals surface area contributed by atoms with E-state index in [9.17, 15) is 13.2 Å². The molecule has 4 rings (SSSR count). The Kier molecular flexibility index (Phi) is 5.59. The quantitative estimate of drug-likeness (QED) is 0.712. The Labute approximate surface area is 178 Å². The second-order valence-corrected chi connectivity index (χ2v) is 10.7. The van der Waals surface area contributed by atoms with Gasteiger partial charge in [-0.05, 0) is 23.8 Å². The van der Waals surface area contributed by atoms with Gasteiger partial charge in [0, 0.05) is 10.9 Å². The summed E-state index contributed by atoms with van der Waals surface area (Å²) < 4.78 is 29.5. The number of benzene rings is 2. The van der Waals surface area contributed by atoms with Crippen LogP contribution in [0.1, 0.15) is 5.56 Å². The number of methoxy groups -OCH3 is 1. The van der Waals surface area contributed by atoms with Gasteiger partial charge in [-0.15, -0.1) is 0 Å². The fraction of sp³-hybridized carbons (Fsp3) is 0.300. The second-order valence-electron chi connectivity index (χ2n) is 6.94. The van der Waals surface area contributed by atoms with Crippen molar-refractivity contribution in [3.05, 3.63) is 59.1 Å².